The number of hydrogen-bond donors (Lipinski definition) is 2. The number of unbranched alkanes of at least 4 members (excludes halogenated alkanes) is 10. The molecular formula is C26H43NO3. The molecule has 4 nitrogen and oxygen atoms in total. The van der Waals surface area contributed by atoms with E-state index < -0.39 is 0 Å². The van der Waals surface area contributed by atoms with Crippen molar-refractivity contribution in [3.63, 3.8) is 0 Å². The van der Waals surface area contributed by atoms with Crippen molar-refractivity contribution in [2.45, 2.75) is 96.8 Å². The lowest BCUT2D eigenvalue weighted by molar-refractivity contribution is -0.122. The number of primary amides is 1. The van der Waals surface area contributed by atoms with Crippen LogP contribution in [0.4, 0.5) is 0 Å². The highest BCUT2D eigenvalue weighted by molar-refractivity contribution is 5.77. The van der Waals surface area contributed by atoms with E-state index in [4.69, 9.17) is 10.5 Å². The van der Waals surface area contributed by atoms with Gasteiger partial charge in [0.05, 0.1) is 7.11 Å². The second kappa shape index (κ2) is 16.8. The number of phenols is 1. The van der Waals surface area contributed by atoms with E-state index in [1.54, 1.807) is 12.1 Å². The molecule has 4 heteroatoms. The van der Waals surface area contributed by atoms with Gasteiger partial charge in [-0.05, 0) is 56.2 Å². The van der Waals surface area contributed by atoms with E-state index in [0.717, 1.165) is 31.2 Å². The lowest BCUT2D eigenvalue weighted by Gasteiger charge is -2.14. The zero-order valence-corrected chi connectivity index (χ0v) is 19.2. The first-order valence-electron chi connectivity index (χ1n) is 11.9. The van der Waals surface area contributed by atoms with Gasteiger partial charge in [-0.3, -0.25) is 4.79 Å². The number of carbonyl (C=O) groups is 1. The van der Waals surface area contributed by atoms with Crippen molar-refractivity contribution in [2.24, 2.45) is 11.7 Å². The molecule has 3 N–H and O–H groups in total. The molecule has 1 aromatic rings. The fourth-order valence-corrected chi connectivity index (χ4v) is 3.76. The van der Waals surface area contributed by atoms with Crippen LogP contribution in [-0.2, 0) is 11.2 Å². The van der Waals surface area contributed by atoms with E-state index in [0.29, 0.717) is 12.2 Å². The van der Waals surface area contributed by atoms with Gasteiger partial charge in [-0.1, -0.05) is 76.5 Å². The number of methoxy groups -OCH3 is 1. The Balaban J connectivity index is 2.13. The van der Waals surface area contributed by atoms with E-state index in [2.05, 4.69) is 19.1 Å². The standard InChI is InChI=1S/C26H43NO3/c1-3-4-5-6-7-8-9-10-11-12-13-14-15-16-17-23(26(27)29)20-22-18-19-24(28)25(21-22)30-2/h10-11,18-19,21,23,28H,3-9,12-17,20H2,1-2H3,(H2,27,29). The number of nitrogens with two attached hydrogens (primary N) is 1. The summed E-state index contributed by atoms with van der Waals surface area (Å²) in [5.41, 5.74) is 6.57. The number of aromatic hydroxyl groups is 1. The maximum Gasteiger partial charge on any atom is 0.220 e. The molecule has 1 aromatic carbocycles. The van der Waals surface area contributed by atoms with Crippen LogP contribution in [0.1, 0.15) is 96.0 Å². The molecule has 0 aromatic heterocycles. The third-order valence-electron chi connectivity index (χ3n) is 5.69. The predicted molar refractivity (Wildman–Crippen MR) is 126 cm³/mol. The van der Waals surface area contributed by atoms with Crippen molar-refractivity contribution in [3.8, 4) is 11.5 Å². The number of allylic oxidation sites excluding steroid dienone is 2. The molecule has 0 aliphatic rings. The molecule has 0 radical (unpaired) electrons. The molecule has 0 aliphatic carbocycles. The minimum absolute atomic E-state index is 0.109. The third kappa shape index (κ3) is 11.9. The number of benzene rings is 1. The number of ether oxygens (including phenoxy) is 1. The fraction of sp³-hybridized carbons (Fsp3) is 0.654. The first-order valence-corrected chi connectivity index (χ1v) is 11.9. The second-order valence-corrected chi connectivity index (χ2v) is 8.33. The van der Waals surface area contributed by atoms with Crippen molar-refractivity contribution in [3.05, 3.63) is 35.9 Å². The van der Waals surface area contributed by atoms with Crippen LogP contribution in [-0.4, -0.2) is 18.1 Å². The number of rotatable bonds is 18. The number of amides is 1. The summed E-state index contributed by atoms with van der Waals surface area (Å²) in [4.78, 5) is 11.8. The molecule has 0 bridgehead atoms. The number of phenolic OH excluding ortho intramolecular Hbond substituents is 1. The molecule has 1 unspecified atom stereocenters. The van der Waals surface area contributed by atoms with Gasteiger partial charge in [0.25, 0.3) is 0 Å². The minimum atomic E-state index is -0.250. The Morgan fingerprint density at radius 3 is 2.20 bits per heavy atom. The summed E-state index contributed by atoms with van der Waals surface area (Å²) in [6.07, 6.45) is 21.2. The van der Waals surface area contributed by atoms with Gasteiger partial charge in [-0.2, -0.15) is 0 Å². The van der Waals surface area contributed by atoms with Crippen molar-refractivity contribution >= 4 is 5.91 Å². The van der Waals surface area contributed by atoms with Crippen molar-refractivity contribution in [2.75, 3.05) is 7.11 Å². The van der Waals surface area contributed by atoms with Gasteiger partial charge in [-0.15, -0.1) is 0 Å². The summed E-state index contributed by atoms with van der Waals surface area (Å²) < 4.78 is 5.14. The third-order valence-corrected chi connectivity index (χ3v) is 5.69. The van der Waals surface area contributed by atoms with E-state index in [1.807, 2.05) is 6.07 Å². The molecule has 170 valence electrons. The van der Waals surface area contributed by atoms with Crippen LogP contribution in [0.5, 0.6) is 11.5 Å². The van der Waals surface area contributed by atoms with Gasteiger partial charge in [0, 0.05) is 5.92 Å². The van der Waals surface area contributed by atoms with Crippen LogP contribution < -0.4 is 10.5 Å². The van der Waals surface area contributed by atoms with Gasteiger partial charge in [0.2, 0.25) is 5.91 Å². The van der Waals surface area contributed by atoms with Crippen LogP contribution in [0.3, 0.4) is 0 Å². The summed E-state index contributed by atoms with van der Waals surface area (Å²) in [5, 5.41) is 9.70. The molecule has 0 saturated heterocycles. The Bertz CT molecular complexity index is 612. The first kappa shape index (κ1) is 26.1. The first-order chi connectivity index (χ1) is 14.6. The van der Waals surface area contributed by atoms with Gasteiger partial charge < -0.3 is 15.6 Å². The highest BCUT2D eigenvalue weighted by atomic mass is 16.5. The minimum Gasteiger partial charge on any atom is -0.504 e. The smallest absolute Gasteiger partial charge is 0.220 e. The molecular weight excluding hydrogens is 374 g/mol. The number of hydrogen-bond acceptors (Lipinski definition) is 3. The lowest BCUT2D eigenvalue weighted by Crippen LogP contribution is -2.25. The van der Waals surface area contributed by atoms with E-state index in [1.165, 1.54) is 64.9 Å². The van der Waals surface area contributed by atoms with Crippen LogP contribution in [0.25, 0.3) is 0 Å². The Kier molecular flexibility index (Phi) is 14.6. The molecule has 1 rings (SSSR count). The maximum atomic E-state index is 11.8. The fourth-order valence-electron chi connectivity index (χ4n) is 3.76. The molecule has 1 atom stereocenters. The van der Waals surface area contributed by atoms with Crippen LogP contribution >= 0.6 is 0 Å². The van der Waals surface area contributed by atoms with E-state index >= 15 is 0 Å². The van der Waals surface area contributed by atoms with Gasteiger partial charge in [0.15, 0.2) is 11.5 Å². The molecule has 1 amide bonds. The molecule has 0 heterocycles. The van der Waals surface area contributed by atoms with Crippen LogP contribution in [0, 0.1) is 5.92 Å². The average Bonchev–Trinajstić information content (AvgIpc) is 2.74. The lowest BCUT2D eigenvalue weighted by atomic mass is 9.92. The van der Waals surface area contributed by atoms with Crippen molar-refractivity contribution in [1.29, 1.82) is 0 Å². The number of carbonyl (C=O) groups excluding carboxylic acids is 1. The molecule has 0 aliphatic heterocycles. The predicted octanol–water partition coefficient (Wildman–Crippen LogP) is 6.69. The molecule has 0 fully saturated rings. The van der Waals surface area contributed by atoms with E-state index in [-0.39, 0.29) is 17.6 Å². The van der Waals surface area contributed by atoms with Gasteiger partial charge >= 0.3 is 0 Å². The Morgan fingerprint density at radius 2 is 1.60 bits per heavy atom. The Hall–Kier alpha value is -1.97. The quantitative estimate of drug-likeness (QED) is 0.206. The monoisotopic (exact) mass is 417 g/mol. The van der Waals surface area contributed by atoms with Crippen molar-refractivity contribution < 1.29 is 14.6 Å². The summed E-state index contributed by atoms with van der Waals surface area (Å²) in [6, 6.07) is 5.21. The summed E-state index contributed by atoms with van der Waals surface area (Å²) in [5.74, 6) is 0.120. The normalized spacial score (nSPS) is 12.3. The van der Waals surface area contributed by atoms with Gasteiger partial charge in [-0.25, -0.2) is 0 Å². The maximum absolute atomic E-state index is 11.8. The zero-order valence-electron chi connectivity index (χ0n) is 19.2. The Morgan fingerprint density at radius 1 is 1.00 bits per heavy atom. The topological polar surface area (TPSA) is 72.6 Å². The molecule has 30 heavy (non-hydrogen) atoms. The van der Waals surface area contributed by atoms with Gasteiger partial charge in [0.1, 0.15) is 0 Å². The largest absolute Gasteiger partial charge is 0.504 e. The van der Waals surface area contributed by atoms with Crippen molar-refractivity contribution in [1.82, 2.24) is 0 Å². The summed E-state index contributed by atoms with van der Waals surface area (Å²) in [7, 11) is 1.52. The average molecular weight is 418 g/mol. The Labute approximate surface area is 183 Å². The van der Waals surface area contributed by atoms with Crippen LogP contribution in [0.15, 0.2) is 30.4 Å². The highest BCUT2D eigenvalue weighted by Gasteiger charge is 2.16. The highest BCUT2D eigenvalue weighted by Crippen LogP contribution is 2.28. The van der Waals surface area contributed by atoms with Crippen LogP contribution in [0.2, 0.25) is 0 Å². The SMILES string of the molecule is CCCCCCCCC=CCCCCCCC(Cc1ccc(O)c(OC)c1)C(N)=O. The zero-order chi connectivity index (χ0) is 22.0. The molecule has 0 spiro atoms. The summed E-state index contributed by atoms with van der Waals surface area (Å²) in [6.45, 7) is 2.26. The molecule has 0 saturated carbocycles. The van der Waals surface area contributed by atoms with E-state index in [9.17, 15) is 9.90 Å². The summed E-state index contributed by atoms with van der Waals surface area (Å²) >= 11 is 0. The second-order valence-electron chi connectivity index (χ2n) is 8.33.